The number of methoxy groups -OCH3 is 2. The number of thioether (sulfide) groups is 1. The second kappa shape index (κ2) is 12.3. The van der Waals surface area contributed by atoms with Crippen LogP contribution in [0.4, 0.5) is 5.69 Å². The average molecular weight is 516 g/mol. The molecule has 0 saturated carbocycles. The fraction of sp³-hybridized carbons (Fsp3) is 0.250. The van der Waals surface area contributed by atoms with Gasteiger partial charge in [-0.2, -0.15) is 0 Å². The molecule has 0 spiro atoms. The summed E-state index contributed by atoms with van der Waals surface area (Å²) >= 11 is 7.36. The number of amides is 2. The molecule has 1 heterocycles. The van der Waals surface area contributed by atoms with Crippen molar-refractivity contribution in [3.8, 4) is 11.5 Å². The molecule has 0 atom stereocenters. The predicted molar refractivity (Wildman–Crippen MR) is 136 cm³/mol. The average Bonchev–Trinajstić information content (AvgIpc) is 3.25. The minimum absolute atomic E-state index is 0.124. The number of ether oxygens (including phenoxy) is 2. The second-order valence-corrected chi connectivity index (χ2v) is 8.65. The Labute approximate surface area is 212 Å². The van der Waals surface area contributed by atoms with Crippen LogP contribution in [0.3, 0.4) is 0 Å². The van der Waals surface area contributed by atoms with Gasteiger partial charge in [0, 0.05) is 22.8 Å². The summed E-state index contributed by atoms with van der Waals surface area (Å²) in [5.74, 6) is 1.15. The van der Waals surface area contributed by atoms with Gasteiger partial charge in [-0.05, 0) is 42.8 Å². The molecule has 0 aliphatic carbocycles. The summed E-state index contributed by atoms with van der Waals surface area (Å²) in [7, 11) is 3.04. The van der Waals surface area contributed by atoms with Gasteiger partial charge in [0.2, 0.25) is 5.91 Å². The Morgan fingerprint density at radius 2 is 1.94 bits per heavy atom. The standard InChI is InChI=1S/C24H26ClN5O4S/c1-5-11-30-21(13-26-23(32)16-9-10-19(33-3)20(12-16)34-4)28-29-24(30)35-14-22(31)27-18-8-6-7-17(25)15(18)2/h5-10,12H,1,11,13-14H2,2-4H3,(H,26,32)(H,27,31). The van der Waals surface area contributed by atoms with Crippen LogP contribution in [0.25, 0.3) is 0 Å². The lowest BCUT2D eigenvalue weighted by atomic mass is 10.2. The maximum Gasteiger partial charge on any atom is 0.251 e. The molecule has 0 aliphatic rings. The molecule has 0 unspecified atom stereocenters. The number of benzene rings is 2. The molecular formula is C24H26ClN5O4S. The highest BCUT2D eigenvalue weighted by Gasteiger charge is 2.16. The van der Waals surface area contributed by atoms with E-state index in [2.05, 4.69) is 27.4 Å². The van der Waals surface area contributed by atoms with Crippen molar-refractivity contribution < 1.29 is 19.1 Å². The molecule has 0 bridgehead atoms. The van der Waals surface area contributed by atoms with E-state index in [4.69, 9.17) is 21.1 Å². The number of nitrogens with zero attached hydrogens (tertiary/aromatic N) is 3. The molecule has 2 amide bonds. The smallest absolute Gasteiger partial charge is 0.251 e. The van der Waals surface area contributed by atoms with Gasteiger partial charge < -0.3 is 24.7 Å². The Balaban J connectivity index is 1.64. The predicted octanol–water partition coefficient (Wildman–Crippen LogP) is 4.10. The van der Waals surface area contributed by atoms with E-state index >= 15 is 0 Å². The highest BCUT2D eigenvalue weighted by atomic mass is 35.5. The second-order valence-electron chi connectivity index (χ2n) is 7.30. The zero-order valence-electron chi connectivity index (χ0n) is 19.6. The van der Waals surface area contributed by atoms with Crippen LogP contribution in [0.15, 0.2) is 54.2 Å². The summed E-state index contributed by atoms with van der Waals surface area (Å²) in [6, 6.07) is 10.3. The lowest BCUT2D eigenvalue weighted by Crippen LogP contribution is -2.25. The van der Waals surface area contributed by atoms with Gasteiger partial charge in [0.25, 0.3) is 5.91 Å². The van der Waals surface area contributed by atoms with Crippen LogP contribution in [0, 0.1) is 6.92 Å². The van der Waals surface area contributed by atoms with E-state index in [9.17, 15) is 9.59 Å². The largest absolute Gasteiger partial charge is 0.493 e. The highest BCUT2D eigenvalue weighted by molar-refractivity contribution is 7.99. The SMILES string of the molecule is C=CCn1c(CNC(=O)c2ccc(OC)c(OC)c2)nnc1SCC(=O)Nc1cccc(Cl)c1C. The van der Waals surface area contributed by atoms with E-state index in [0.717, 1.165) is 5.56 Å². The molecule has 2 N–H and O–H groups in total. The van der Waals surface area contributed by atoms with Gasteiger partial charge in [-0.3, -0.25) is 9.59 Å². The van der Waals surface area contributed by atoms with Crippen LogP contribution in [-0.2, 0) is 17.9 Å². The fourth-order valence-corrected chi connectivity index (χ4v) is 4.11. The van der Waals surface area contributed by atoms with E-state index in [1.807, 2.05) is 6.92 Å². The van der Waals surface area contributed by atoms with E-state index in [1.165, 1.54) is 26.0 Å². The normalized spacial score (nSPS) is 10.5. The molecular weight excluding hydrogens is 490 g/mol. The van der Waals surface area contributed by atoms with Crippen LogP contribution in [-0.4, -0.2) is 46.6 Å². The quantitative estimate of drug-likeness (QED) is 0.292. The number of aromatic nitrogens is 3. The van der Waals surface area contributed by atoms with Crippen molar-refractivity contribution in [1.82, 2.24) is 20.1 Å². The van der Waals surface area contributed by atoms with Crippen molar-refractivity contribution in [1.29, 1.82) is 0 Å². The highest BCUT2D eigenvalue weighted by Crippen LogP contribution is 2.27. The summed E-state index contributed by atoms with van der Waals surface area (Å²) in [6.07, 6.45) is 1.70. The molecule has 0 saturated heterocycles. The van der Waals surface area contributed by atoms with Gasteiger partial charge in [-0.15, -0.1) is 16.8 Å². The van der Waals surface area contributed by atoms with Crippen molar-refractivity contribution in [2.75, 3.05) is 25.3 Å². The molecule has 0 aliphatic heterocycles. The lowest BCUT2D eigenvalue weighted by molar-refractivity contribution is -0.113. The first-order chi connectivity index (χ1) is 16.9. The third-order valence-corrected chi connectivity index (χ3v) is 6.41. The Morgan fingerprint density at radius 1 is 1.17 bits per heavy atom. The van der Waals surface area contributed by atoms with Crippen molar-refractivity contribution in [3.63, 3.8) is 0 Å². The first-order valence-corrected chi connectivity index (χ1v) is 11.9. The van der Waals surface area contributed by atoms with E-state index in [-0.39, 0.29) is 24.1 Å². The minimum atomic E-state index is -0.301. The Bertz CT molecular complexity index is 1230. The summed E-state index contributed by atoms with van der Waals surface area (Å²) in [4.78, 5) is 25.1. The Morgan fingerprint density at radius 3 is 2.66 bits per heavy atom. The first kappa shape index (κ1) is 26.1. The van der Waals surface area contributed by atoms with Crippen LogP contribution in [0.2, 0.25) is 5.02 Å². The zero-order valence-corrected chi connectivity index (χ0v) is 21.2. The molecule has 35 heavy (non-hydrogen) atoms. The van der Waals surface area contributed by atoms with Gasteiger partial charge in [-0.25, -0.2) is 0 Å². The van der Waals surface area contributed by atoms with Gasteiger partial charge in [0.1, 0.15) is 0 Å². The topological polar surface area (TPSA) is 107 Å². The fourth-order valence-electron chi connectivity index (χ4n) is 3.17. The number of carbonyl (C=O) groups excluding carboxylic acids is 2. The van der Waals surface area contributed by atoms with E-state index in [0.29, 0.717) is 45.3 Å². The molecule has 1 aromatic heterocycles. The van der Waals surface area contributed by atoms with Gasteiger partial charge >= 0.3 is 0 Å². The number of anilines is 1. The van der Waals surface area contributed by atoms with Gasteiger partial charge in [0.15, 0.2) is 22.5 Å². The van der Waals surface area contributed by atoms with Crippen molar-refractivity contribution in [2.24, 2.45) is 0 Å². The maximum absolute atomic E-state index is 12.6. The number of rotatable bonds is 11. The summed E-state index contributed by atoms with van der Waals surface area (Å²) in [6.45, 7) is 6.18. The third kappa shape index (κ3) is 6.55. The lowest BCUT2D eigenvalue weighted by Gasteiger charge is -2.11. The van der Waals surface area contributed by atoms with Crippen LogP contribution >= 0.6 is 23.4 Å². The summed E-state index contributed by atoms with van der Waals surface area (Å²) < 4.78 is 12.3. The maximum atomic E-state index is 12.6. The van der Waals surface area contributed by atoms with Crippen LogP contribution in [0.5, 0.6) is 11.5 Å². The van der Waals surface area contributed by atoms with Gasteiger partial charge in [-0.1, -0.05) is 35.5 Å². The number of nitrogens with one attached hydrogen (secondary N) is 2. The zero-order chi connectivity index (χ0) is 25.4. The number of halogens is 1. The minimum Gasteiger partial charge on any atom is -0.493 e. The van der Waals surface area contributed by atoms with Crippen molar-refractivity contribution in [3.05, 3.63) is 71.0 Å². The molecule has 0 fully saturated rings. The number of hydrogen-bond donors (Lipinski definition) is 2. The molecule has 3 aromatic rings. The number of hydrogen-bond acceptors (Lipinski definition) is 7. The van der Waals surface area contributed by atoms with E-state index < -0.39 is 0 Å². The molecule has 0 radical (unpaired) electrons. The molecule has 9 nitrogen and oxygen atoms in total. The van der Waals surface area contributed by atoms with Crippen LogP contribution < -0.4 is 20.1 Å². The van der Waals surface area contributed by atoms with Gasteiger partial charge in [0.05, 0.1) is 26.5 Å². The molecule has 3 rings (SSSR count). The third-order valence-electron chi connectivity index (χ3n) is 5.03. The van der Waals surface area contributed by atoms with Crippen LogP contribution in [0.1, 0.15) is 21.7 Å². The molecule has 184 valence electrons. The molecule has 11 heteroatoms. The Hall–Kier alpha value is -3.50. The van der Waals surface area contributed by atoms with Crippen molar-refractivity contribution in [2.45, 2.75) is 25.2 Å². The van der Waals surface area contributed by atoms with Crippen molar-refractivity contribution >= 4 is 40.9 Å². The monoisotopic (exact) mass is 515 g/mol. The number of carbonyl (C=O) groups is 2. The Kier molecular flexibility index (Phi) is 9.16. The summed E-state index contributed by atoms with van der Waals surface area (Å²) in [5, 5.41) is 15.2. The molecule has 2 aromatic carbocycles. The number of allylic oxidation sites excluding steroid dienone is 1. The summed E-state index contributed by atoms with van der Waals surface area (Å²) in [5.41, 5.74) is 1.88. The van der Waals surface area contributed by atoms with E-state index in [1.54, 1.807) is 47.0 Å². The first-order valence-electron chi connectivity index (χ1n) is 10.6.